The summed E-state index contributed by atoms with van der Waals surface area (Å²) in [5.41, 5.74) is 4.36. The topological polar surface area (TPSA) is 24.9 Å². The van der Waals surface area contributed by atoms with Crippen molar-refractivity contribution in [1.82, 2.24) is 4.98 Å². The van der Waals surface area contributed by atoms with Gasteiger partial charge in [-0.25, -0.2) is 0 Å². The van der Waals surface area contributed by atoms with Crippen molar-refractivity contribution >= 4 is 33.0 Å². The van der Waals surface area contributed by atoms with E-state index >= 15 is 0 Å². The Labute approximate surface area is 114 Å². The van der Waals surface area contributed by atoms with E-state index < -0.39 is 0 Å². The lowest BCUT2D eigenvalue weighted by Crippen LogP contribution is -1.97. The second-order valence-corrected chi connectivity index (χ2v) is 5.66. The first kappa shape index (κ1) is 12.3. The van der Waals surface area contributed by atoms with Crippen molar-refractivity contribution in [3.63, 3.8) is 0 Å². The lowest BCUT2D eigenvalue weighted by Gasteiger charge is -2.13. The van der Waals surface area contributed by atoms with E-state index in [9.17, 15) is 0 Å². The first-order valence-electron chi connectivity index (χ1n) is 5.22. The Morgan fingerprint density at radius 1 is 1.47 bits per heavy atom. The van der Waals surface area contributed by atoms with Gasteiger partial charge in [0.1, 0.15) is 0 Å². The molecule has 0 saturated heterocycles. The minimum absolute atomic E-state index is 0.966. The van der Waals surface area contributed by atoms with Crippen LogP contribution in [0.2, 0.25) is 0 Å². The van der Waals surface area contributed by atoms with Crippen molar-refractivity contribution in [3.05, 3.63) is 45.5 Å². The Hall–Kier alpha value is -1.13. The van der Waals surface area contributed by atoms with Crippen LogP contribution >= 0.6 is 27.3 Å². The van der Waals surface area contributed by atoms with Gasteiger partial charge in [0.2, 0.25) is 0 Å². The van der Waals surface area contributed by atoms with Crippen LogP contribution in [0.3, 0.4) is 0 Å². The Balaban J connectivity index is 2.71. The minimum Gasteiger partial charge on any atom is -0.360 e. The van der Waals surface area contributed by atoms with E-state index in [1.165, 1.54) is 10.4 Å². The molecule has 88 valence electrons. The van der Waals surface area contributed by atoms with Crippen LogP contribution in [0.5, 0.6) is 0 Å². The van der Waals surface area contributed by atoms with Crippen LogP contribution in [0.15, 0.2) is 34.9 Å². The molecule has 0 aliphatic heterocycles. The van der Waals surface area contributed by atoms with Crippen LogP contribution in [0.1, 0.15) is 10.6 Å². The Bertz CT molecular complexity index is 561. The summed E-state index contributed by atoms with van der Waals surface area (Å²) in [7, 11) is 0. The van der Waals surface area contributed by atoms with Gasteiger partial charge in [0, 0.05) is 21.1 Å². The molecule has 2 heterocycles. The van der Waals surface area contributed by atoms with E-state index in [1.54, 1.807) is 17.5 Å². The summed E-state index contributed by atoms with van der Waals surface area (Å²) >= 11 is 5.32. The molecule has 0 atom stereocenters. The predicted octanol–water partition coefficient (Wildman–Crippen LogP) is 4.74. The number of aromatic nitrogens is 1. The van der Waals surface area contributed by atoms with Gasteiger partial charge >= 0.3 is 0 Å². The van der Waals surface area contributed by atoms with Crippen molar-refractivity contribution in [2.75, 3.05) is 5.32 Å². The zero-order chi connectivity index (χ0) is 12.4. The smallest absolute Gasteiger partial charge is 0.0687 e. The van der Waals surface area contributed by atoms with E-state index in [2.05, 4.69) is 51.2 Å². The summed E-state index contributed by atoms with van der Waals surface area (Å²) in [5, 5.41) is 5.28. The van der Waals surface area contributed by atoms with Gasteiger partial charge in [0.15, 0.2) is 0 Å². The van der Waals surface area contributed by atoms with Crippen molar-refractivity contribution < 1.29 is 0 Å². The van der Waals surface area contributed by atoms with Crippen molar-refractivity contribution in [2.45, 2.75) is 13.8 Å². The average Bonchev–Trinajstić information content (AvgIpc) is 2.71. The number of rotatable bonds is 3. The van der Waals surface area contributed by atoms with E-state index in [4.69, 9.17) is 0 Å². The average molecular weight is 309 g/mol. The second kappa shape index (κ2) is 5.02. The number of pyridine rings is 1. The van der Waals surface area contributed by atoms with Crippen LogP contribution < -0.4 is 5.32 Å². The normalized spacial score (nSPS) is 10.3. The summed E-state index contributed by atoms with van der Waals surface area (Å²) in [6.45, 7) is 7.83. The van der Waals surface area contributed by atoms with Crippen molar-refractivity contribution in [3.8, 4) is 11.1 Å². The summed E-state index contributed by atoms with van der Waals surface area (Å²) < 4.78 is 0.994. The molecule has 0 unspecified atom stereocenters. The Morgan fingerprint density at radius 2 is 2.24 bits per heavy atom. The first-order valence-corrected chi connectivity index (χ1v) is 6.89. The van der Waals surface area contributed by atoms with Crippen LogP contribution in [0.25, 0.3) is 11.1 Å². The summed E-state index contributed by atoms with van der Waals surface area (Å²) in [6, 6.07) is 2.13. The van der Waals surface area contributed by atoms with Gasteiger partial charge in [0.25, 0.3) is 0 Å². The van der Waals surface area contributed by atoms with Crippen molar-refractivity contribution in [2.24, 2.45) is 0 Å². The van der Waals surface area contributed by atoms with Gasteiger partial charge in [-0.3, -0.25) is 4.98 Å². The van der Waals surface area contributed by atoms with Gasteiger partial charge < -0.3 is 5.32 Å². The first-order chi connectivity index (χ1) is 8.15. The number of nitrogens with zero attached hydrogens (tertiary/aromatic N) is 1. The molecule has 2 rings (SSSR count). The number of thiophene rings is 1. The summed E-state index contributed by atoms with van der Waals surface area (Å²) in [6.07, 6.45) is 3.53. The molecule has 0 radical (unpaired) electrons. The maximum atomic E-state index is 4.34. The third-order valence-electron chi connectivity index (χ3n) is 2.60. The Morgan fingerprint density at radius 3 is 2.82 bits per heavy atom. The number of halogens is 1. The molecule has 0 spiro atoms. The van der Waals surface area contributed by atoms with Gasteiger partial charge in [-0.1, -0.05) is 6.58 Å². The highest BCUT2D eigenvalue weighted by atomic mass is 79.9. The van der Waals surface area contributed by atoms with Gasteiger partial charge in [-0.2, -0.15) is 0 Å². The van der Waals surface area contributed by atoms with Gasteiger partial charge in [0.05, 0.1) is 11.4 Å². The quantitative estimate of drug-likeness (QED) is 0.885. The molecule has 2 nitrogen and oxygen atoms in total. The molecule has 0 aliphatic rings. The molecule has 0 aromatic carbocycles. The highest BCUT2D eigenvalue weighted by Crippen LogP contribution is 2.39. The molecule has 0 aliphatic carbocycles. The number of hydrogen-bond donors (Lipinski definition) is 1. The highest BCUT2D eigenvalue weighted by molar-refractivity contribution is 9.10. The number of hydrogen-bond acceptors (Lipinski definition) is 3. The fourth-order valence-electron chi connectivity index (χ4n) is 1.77. The fraction of sp³-hybridized carbons (Fsp3) is 0.154. The van der Waals surface area contributed by atoms with E-state index in [-0.39, 0.29) is 0 Å². The molecule has 0 amide bonds. The van der Waals surface area contributed by atoms with Crippen LogP contribution in [-0.4, -0.2) is 4.98 Å². The van der Waals surface area contributed by atoms with Gasteiger partial charge in [-0.05, 0) is 53.0 Å². The predicted molar refractivity (Wildman–Crippen MR) is 78.5 cm³/mol. The van der Waals surface area contributed by atoms with E-state index in [0.717, 1.165) is 21.4 Å². The molecule has 0 bridgehead atoms. The molecular weight excluding hydrogens is 296 g/mol. The van der Waals surface area contributed by atoms with Crippen LogP contribution in [0.4, 0.5) is 5.69 Å². The molecule has 4 heteroatoms. The monoisotopic (exact) mass is 308 g/mol. The van der Waals surface area contributed by atoms with Crippen LogP contribution in [-0.2, 0) is 0 Å². The second-order valence-electron chi connectivity index (χ2n) is 3.68. The zero-order valence-corrected chi connectivity index (χ0v) is 12.2. The third kappa shape index (κ3) is 2.28. The molecule has 2 aromatic heterocycles. The molecule has 17 heavy (non-hydrogen) atoms. The lowest BCUT2D eigenvalue weighted by atomic mass is 10.0. The highest BCUT2D eigenvalue weighted by Gasteiger charge is 2.14. The molecule has 2 aromatic rings. The zero-order valence-electron chi connectivity index (χ0n) is 9.75. The number of nitrogens with one attached hydrogen (secondary N) is 1. The lowest BCUT2D eigenvalue weighted by molar-refractivity contribution is 1.19. The van der Waals surface area contributed by atoms with Crippen LogP contribution in [0, 0.1) is 13.8 Å². The molecule has 0 fully saturated rings. The van der Waals surface area contributed by atoms with E-state index in [1.807, 2.05) is 13.1 Å². The molecule has 1 N–H and O–H groups in total. The molecule has 0 saturated carbocycles. The Kier molecular flexibility index (Phi) is 3.64. The van der Waals surface area contributed by atoms with Gasteiger partial charge in [-0.15, -0.1) is 11.3 Å². The maximum absolute atomic E-state index is 4.34. The van der Waals surface area contributed by atoms with Crippen molar-refractivity contribution in [1.29, 1.82) is 0 Å². The maximum Gasteiger partial charge on any atom is 0.0687 e. The van der Waals surface area contributed by atoms with E-state index in [0.29, 0.717) is 0 Å². The SMILES string of the molecule is C=CNc1c(C)ncc(Br)c1-c1ccsc1C. The third-order valence-corrected chi connectivity index (χ3v) is 4.04. The fourth-order valence-corrected chi connectivity index (χ4v) is 2.99. The minimum atomic E-state index is 0.966. The summed E-state index contributed by atoms with van der Waals surface area (Å²) in [4.78, 5) is 5.64. The molecular formula is C13H13BrN2S. The number of anilines is 1. The standard InChI is InChI=1S/C13H13BrN2S/c1-4-15-13-8(2)16-7-11(14)12(13)10-5-6-17-9(10)3/h4-7,15H,1H2,2-3H3. The summed E-state index contributed by atoms with van der Waals surface area (Å²) in [5.74, 6) is 0. The largest absolute Gasteiger partial charge is 0.360 e. The number of aryl methyl sites for hydroxylation is 2.